The lowest BCUT2D eigenvalue weighted by Gasteiger charge is -2.24. The Kier molecular flexibility index (Phi) is 5.61. The second-order valence-corrected chi connectivity index (χ2v) is 7.74. The Labute approximate surface area is 155 Å². The summed E-state index contributed by atoms with van der Waals surface area (Å²) in [6.07, 6.45) is 0.897. The number of fused-ring (bicyclic) bond motifs is 1. The number of aromatic nitrogens is 2. The van der Waals surface area contributed by atoms with Crippen molar-refractivity contribution in [2.24, 2.45) is 0 Å². The van der Waals surface area contributed by atoms with Crippen LogP contribution in [0.4, 0.5) is 0 Å². The van der Waals surface area contributed by atoms with Gasteiger partial charge in [0.2, 0.25) is 11.8 Å². The highest BCUT2D eigenvalue weighted by Crippen LogP contribution is 2.19. The number of hydrogen-bond acceptors (Lipinski definition) is 4. The van der Waals surface area contributed by atoms with Crippen LogP contribution in [-0.2, 0) is 24.5 Å². The fourth-order valence-corrected chi connectivity index (χ4v) is 2.90. The highest BCUT2D eigenvalue weighted by Gasteiger charge is 2.22. The van der Waals surface area contributed by atoms with E-state index in [4.69, 9.17) is 4.74 Å². The molecule has 0 bridgehead atoms. The molecule has 0 unspecified atom stereocenters. The molecule has 1 amide bonds. The van der Waals surface area contributed by atoms with Crippen LogP contribution in [0.3, 0.4) is 0 Å². The van der Waals surface area contributed by atoms with E-state index in [0.29, 0.717) is 25.6 Å². The van der Waals surface area contributed by atoms with Gasteiger partial charge in [-0.1, -0.05) is 30.3 Å². The number of nitrogens with one attached hydrogen (secondary N) is 1. The fraction of sp³-hybridized carbons (Fsp3) is 0.500. The predicted octanol–water partition coefficient (Wildman–Crippen LogP) is 2.58. The summed E-state index contributed by atoms with van der Waals surface area (Å²) < 4.78 is 7.79. The van der Waals surface area contributed by atoms with E-state index in [2.05, 4.69) is 31.2 Å². The Bertz CT molecular complexity index is 734. The first-order chi connectivity index (χ1) is 12.4. The molecule has 0 saturated carbocycles. The minimum atomic E-state index is -0.0677. The predicted molar refractivity (Wildman–Crippen MR) is 101 cm³/mol. The lowest BCUT2D eigenvalue weighted by atomic mass is 10.1. The Morgan fingerprint density at radius 3 is 2.73 bits per heavy atom. The summed E-state index contributed by atoms with van der Waals surface area (Å²) in [5.74, 6) is 0.743. The summed E-state index contributed by atoms with van der Waals surface area (Å²) in [5.41, 5.74) is 2.07. The van der Waals surface area contributed by atoms with E-state index in [1.54, 1.807) is 0 Å². The summed E-state index contributed by atoms with van der Waals surface area (Å²) in [4.78, 5) is 14.4. The molecule has 0 fully saturated rings. The number of ether oxygens (including phenoxy) is 1. The highest BCUT2D eigenvalue weighted by atomic mass is 16.5. The molecule has 0 atom stereocenters. The third-order valence-corrected chi connectivity index (χ3v) is 4.34. The zero-order valence-electron chi connectivity index (χ0n) is 15.9. The summed E-state index contributed by atoms with van der Waals surface area (Å²) in [7, 11) is 0. The third kappa shape index (κ3) is 5.08. The van der Waals surface area contributed by atoms with Gasteiger partial charge in [0, 0.05) is 24.7 Å². The zero-order chi connectivity index (χ0) is 18.6. The smallest absolute Gasteiger partial charge is 0.236 e. The van der Waals surface area contributed by atoms with E-state index in [0.717, 1.165) is 30.8 Å². The van der Waals surface area contributed by atoms with E-state index in [1.165, 1.54) is 0 Å². The van der Waals surface area contributed by atoms with E-state index in [-0.39, 0.29) is 11.4 Å². The van der Waals surface area contributed by atoms with Crippen molar-refractivity contribution < 1.29 is 9.53 Å². The van der Waals surface area contributed by atoms with Crippen molar-refractivity contribution in [3.8, 4) is 5.88 Å². The van der Waals surface area contributed by atoms with Gasteiger partial charge in [0.05, 0.1) is 18.8 Å². The maximum Gasteiger partial charge on any atom is 0.236 e. The average Bonchev–Trinajstić information content (AvgIpc) is 2.88. The van der Waals surface area contributed by atoms with E-state index < -0.39 is 0 Å². The molecule has 0 spiro atoms. The van der Waals surface area contributed by atoms with E-state index >= 15 is 0 Å². The lowest BCUT2D eigenvalue weighted by Crippen LogP contribution is -2.44. The molecule has 0 aliphatic carbocycles. The Hall–Kier alpha value is -2.34. The maximum absolute atomic E-state index is 12.5. The molecule has 0 saturated heterocycles. The van der Waals surface area contributed by atoms with Crippen molar-refractivity contribution in [2.75, 3.05) is 13.1 Å². The molecule has 1 N–H and O–H groups in total. The van der Waals surface area contributed by atoms with Crippen LogP contribution in [0.15, 0.2) is 36.4 Å². The molecule has 6 nitrogen and oxygen atoms in total. The molecule has 2 heterocycles. The van der Waals surface area contributed by atoms with Crippen molar-refractivity contribution in [3.05, 3.63) is 47.7 Å². The first-order valence-corrected chi connectivity index (χ1v) is 9.17. The summed E-state index contributed by atoms with van der Waals surface area (Å²) in [5, 5.41) is 7.81. The third-order valence-electron chi connectivity index (χ3n) is 4.34. The normalized spacial score (nSPS) is 14.7. The number of benzene rings is 1. The van der Waals surface area contributed by atoms with Crippen LogP contribution in [-0.4, -0.2) is 39.2 Å². The van der Waals surface area contributed by atoms with Gasteiger partial charge < -0.3 is 15.0 Å². The monoisotopic (exact) mass is 356 g/mol. The number of nitrogens with zero attached hydrogens (tertiary/aromatic N) is 3. The SMILES string of the molecule is CC(C)(C)NCC(=O)N1CCCn2nc(OCc3ccccc3)cc2C1. The number of rotatable bonds is 5. The minimum absolute atomic E-state index is 0.0677. The van der Waals surface area contributed by atoms with Crippen molar-refractivity contribution in [2.45, 2.75) is 52.4 Å². The Balaban J connectivity index is 1.61. The quantitative estimate of drug-likeness (QED) is 0.895. The van der Waals surface area contributed by atoms with Crippen molar-refractivity contribution in [3.63, 3.8) is 0 Å². The van der Waals surface area contributed by atoms with Gasteiger partial charge >= 0.3 is 0 Å². The van der Waals surface area contributed by atoms with Crippen LogP contribution in [0.2, 0.25) is 0 Å². The number of carbonyl (C=O) groups excluding carboxylic acids is 1. The van der Waals surface area contributed by atoms with Crippen molar-refractivity contribution in [1.29, 1.82) is 0 Å². The van der Waals surface area contributed by atoms with Crippen LogP contribution in [0.5, 0.6) is 5.88 Å². The number of carbonyl (C=O) groups is 1. The highest BCUT2D eigenvalue weighted by molar-refractivity contribution is 5.78. The van der Waals surface area contributed by atoms with Gasteiger partial charge in [-0.3, -0.25) is 9.48 Å². The Morgan fingerprint density at radius 1 is 1.23 bits per heavy atom. The molecular formula is C20H28N4O2. The largest absolute Gasteiger partial charge is 0.472 e. The van der Waals surface area contributed by atoms with Crippen LogP contribution in [0.1, 0.15) is 38.4 Å². The molecule has 26 heavy (non-hydrogen) atoms. The molecule has 140 valence electrons. The molecule has 6 heteroatoms. The van der Waals surface area contributed by atoms with E-state index in [9.17, 15) is 4.79 Å². The van der Waals surface area contributed by atoms with Crippen LogP contribution < -0.4 is 10.1 Å². The lowest BCUT2D eigenvalue weighted by molar-refractivity contribution is -0.131. The Morgan fingerprint density at radius 2 is 2.00 bits per heavy atom. The average molecular weight is 356 g/mol. The summed E-state index contributed by atoms with van der Waals surface area (Å²) in [6.45, 7) is 9.18. The summed E-state index contributed by atoms with van der Waals surface area (Å²) >= 11 is 0. The molecular weight excluding hydrogens is 328 g/mol. The molecule has 1 aliphatic heterocycles. The second-order valence-electron chi connectivity index (χ2n) is 7.74. The van der Waals surface area contributed by atoms with Crippen molar-refractivity contribution >= 4 is 5.91 Å². The number of hydrogen-bond donors (Lipinski definition) is 1. The molecule has 2 aromatic rings. The van der Waals surface area contributed by atoms with Crippen molar-refractivity contribution in [1.82, 2.24) is 20.0 Å². The van der Waals surface area contributed by atoms with Gasteiger partial charge in [-0.15, -0.1) is 5.10 Å². The molecule has 3 rings (SSSR count). The second kappa shape index (κ2) is 7.91. The molecule has 1 aromatic heterocycles. The first-order valence-electron chi connectivity index (χ1n) is 9.17. The van der Waals surface area contributed by atoms with Gasteiger partial charge in [0.25, 0.3) is 0 Å². The van der Waals surface area contributed by atoms with Crippen LogP contribution in [0.25, 0.3) is 0 Å². The topological polar surface area (TPSA) is 59.4 Å². The number of aryl methyl sites for hydroxylation is 1. The maximum atomic E-state index is 12.5. The first kappa shape index (κ1) is 18.5. The molecule has 0 radical (unpaired) electrons. The number of amides is 1. The fourth-order valence-electron chi connectivity index (χ4n) is 2.90. The molecule has 1 aliphatic rings. The van der Waals surface area contributed by atoms with Gasteiger partial charge in [-0.05, 0) is 32.8 Å². The van der Waals surface area contributed by atoms with Gasteiger partial charge in [0.15, 0.2) is 0 Å². The standard InChI is InChI=1S/C20H28N4O2/c1-20(2,3)21-13-19(25)23-10-7-11-24-17(14-23)12-18(22-24)26-15-16-8-5-4-6-9-16/h4-6,8-9,12,21H,7,10-11,13-15H2,1-3H3. The van der Waals surface area contributed by atoms with E-state index in [1.807, 2.05) is 46.0 Å². The minimum Gasteiger partial charge on any atom is -0.472 e. The molecule has 1 aromatic carbocycles. The van der Waals surface area contributed by atoms with Gasteiger partial charge in [-0.2, -0.15) is 0 Å². The van der Waals surface area contributed by atoms with Gasteiger partial charge in [-0.25, -0.2) is 0 Å². The van der Waals surface area contributed by atoms with Crippen LogP contribution >= 0.6 is 0 Å². The zero-order valence-corrected chi connectivity index (χ0v) is 15.9. The van der Waals surface area contributed by atoms with Crippen LogP contribution in [0, 0.1) is 0 Å². The summed E-state index contributed by atoms with van der Waals surface area (Å²) in [6, 6.07) is 12.0. The van der Waals surface area contributed by atoms with Gasteiger partial charge in [0.1, 0.15) is 6.61 Å².